The Bertz CT molecular complexity index is 345. The van der Waals surface area contributed by atoms with Crippen LogP contribution < -0.4 is 5.32 Å². The number of hydrogen-bond donors (Lipinski definition) is 1. The van der Waals surface area contributed by atoms with Crippen molar-refractivity contribution < 1.29 is 22.8 Å². The van der Waals surface area contributed by atoms with E-state index in [1.807, 2.05) is 5.32 Å². The number of alkyl halides is 3. The molecule has 5 nitrogen and oxygen atoms in total. The smallest absolute Gasteiger partial charge is 0.347 e. The molecule has 1 rings (SSSR count). The van der Waals surface area contributed by atoms with E-state index in [0.29, 0.717) is 13.0 Å². The number of amides is 2. The van der Waals surface area contributed by atoms with Crippen molar-refractivity contribution in [1.82, 2.24) is 15.1 Å². The highest BCUT2D eigenvalue weighted by atomic mass is 19.4. The number of hydrogen-bond acceptors (Lipinski definition) is 3. The number of likely N-dealkylation sites (N-methyl/N-ethyl adjacent to an activating group) is 1. The second kappa shape index (κ2) is 6.23. The second-order valence-corrected chi connectivity index (χ2v) is 4.75. The summed E-state index contributed by atoms with van der Waals surface area (Å²) in [5, 5.41) is 1.81. The van der Waals surface area contributed by atoms with E-state index in [2.05, 4.69) is 0 Å². The zero-order valence-electron chi connectivity index (χ0n) is 11.0. The lowest BCUT2D eigenvalue weighted by molar-refractivity contribution is -0.140. The van der Waals surface area contributed by atoms with Crippen LogP contribution in [0.2, 0.25) is 0 Å². The Morgan fingerprint density at radius 2 is 2.00 bits per heavy atom. The number of nitrogens with one attached hydrogen (secondary N) is 1. The molecule has 0 aliphatic carbocycles. The molecule has 0 aromatic rings. The minimum atomic E-state index is -4.42. The van der Waals surface area contributed by atoms with Gasteiger partial charge >= 0.3 is 6.18 Å². The molecule has 1 N–H and O–H groups in total. The molecule has 2 amide bonds. The van der Waals surface area contributed by atoms with E-state index in [1.54, 1.807) is 19.0 Å². The maximum Gasteiger partial charge on any atom is 0.405 e. The zero-order valence-corrected chi connectivity index (χ0v) is 11.0. The van der Waals surface area contributed by atoms with E-state index in [9.17, 15) is 22.8 Å². The van der Waals surface area contributed by atoms with E-state index < -0.39 is 24.7 Å². The number of rotatable bonds is 4. The van der Waals surface area contributed by atoms with Crippen molar-refractivity contribution in [3.05, 3.63) is 0 Å². The van der Waals surface area contributed by atoms with Crippen LogP contribution in [0, 0.1) is 0 Å². The third-order valence-electron chi connectivity index (χ3n) is 2.92. The first-order chi connectivity index (χ1) is 8.70. The summed E-state index contributed by atoms with van der Waals surface area (Å²) >= 11 is 0. The molecule has 19 heavy (non-hydrogen) atoms. The van der Waals surface area contributed by atoms with Crippen molar-refractivity contribution in [2.45, 2.75) is 25.1 Å². The summed E-state index contributed by atoms with van der Waals surface area (Å²) < 4.78 is 35.9. The molecule has 0 radical (unpaired) electrons. The first kappa shape index (κ1) is 15.7. The maximum absolute atomic E-state index is 12.0. The fourth-order valence-corrected chi connectivity index (χ4v) is 2.03. The van der Waals surface area contributed by atoms with Crippen LogP contribution in [-0.4, -0.2) is 67.6 Å². The van der Waals surface area contributed by atoms with Gasteiger partial charge in [0.2, 0.25) is 11.8 Å². The molecule has 0 aromatic carbocycles. The van der Waals surface area contributed by atoms with E-state index in [4.69, 9.17) is 0 Å². The van der Waals surface area contributed by atoms with Crippen molar-refractivity contribution >= 4 is 11.8 Å². The highest BCUT2D eigenvalue weighted by Crippen LogP contribution is 2.18. The molecule has 1 unspecified atom stereocenters. The summed E-state index contributed by atoms with van der Waals surface area (Å²) in [6, 6.07) is -0.411. The van der Waals surface area contributed by atoms with Crippen LogP contribution in [0.5, 0.6) is 0 Å². The van der Waals surface area contributed by atoms with Gasteiger partial charge in [-0.3, -0.25) is 14.5 Å². The van der Waals surface area contributed by atoms with E-state index in [1.165, 1.54) is 4.90 Å². The SMILES string of the molecule is CN(C)C(=O)C1CCCN1CC(=O)NCC(F)(F)F. The molecule has 1 heterocycles. The Balaban J connectivity index is 2.47. The average molecular weight is 281 g/mol. The van der Waals surface area contributed by atoms with Gasteiger partial charge in [-0.15, -0.1) is 0 Å². The summed E-state index contributed by atoms with van der Waals surface area (Å²) in [6.07, 6.45) is -3.03. The van der Waals surface area contributed by atoms with Gasteiger partial charge in [0.25, 0.3) is 0 Å². The Morgan fingerprint density at radius 3 is 2.53 bits per heavy atom. The number of likely N-dealkylation sites (tertiary alicyclic amines) is 1. The van der Waals surface area contributed by atoms with Gasteiger partial charge in [-0.25, -0.2) is 0 Å². The molecule has 8 heteroatoms. The van der Waals surface area contributed by atoms with E-state index in [0.717, 1.165) is 6.42 Å². The van der Waals surface area contributed by atoms with Gasteiger partial charge in [0.05, 0.1) is 12.6 Å². The van der Waals surface area contributed by atoms with Crippen LogP contribution in [-0.2, 0) is 9.59 Å². The fraction of sp³-hybridized carbons (Fsp3) is 0.818. The molecular weight excluding hydrogens is 263 g/mol. The van der Waals surface area contributed by atoms with Gasteiger partial charge in [0.15, 0.2) is 0 Å². The van der Waals surface area contributed by atoms with Gasteiger partial charge in [0, 0.05) is 14.1 Å². The van der Waals surface area contributed by atoms with Gasteiger partial charge < -0.3 is 10.2 Å². The van der Waals surface area contributed by atoms with Crippen molar-refractivity contribution in [1.29, 1.82) is 0 Å². The average Bonchev–Trinajstić information content (AvgIpc) is 2.72. The quantitative estimate of drug-likeness (QED) is 0.802. The predicted octanol–water partition coefficient (Wildman–Crippen LogP) is 0.217. The first-order valence-corrected chi connectivity index (χ1v) is 5.99. The summed E-state index contributed by atoms with van der Waals surface area (Å²) in [7, 11) is 3.23. The van der Waals surface area contributed by atoms with E-state index >= 15 is 0 Å². The first-order valence-electron chi connectivity index (χ1n) is 5.99. The molecule has 1 fully saturated rings. The Hall–Kier alpha value is -1.31. The Labute approximate surface area is 109 Å². The van der Waals surface area contributed by atoms with Gasteiger partial charge in [-0.2, -0.15) is 13.2 Å². The topological polar surface area (TPSA) is 52.7 Å². The van der Waals surface area contributed by atoms with Gasteiger partial charge in [-0.1, -0.05) is 0 Å². The lowest BCUT2D eigenvalue weighted by Gasteiger charge is -2.25. The maximum atomic E-state index is 12.0. The molecule has 1 atom stereocenters. The molecule has 0 bridgehead atoms. The molecule has 110 valence electrons. The van der Waals surface area contributed by atoms with Crippen LogP contribution in [0.3, 0.4) is 0 Å². The van der Waals surface area contributed by atoms with Crippen molar-refractivity contribution in [2.75, 3.05) is 33.7 Å². The number of carbonyl (C=O) groups excluding carboxylic acids is 2. The van der Waals surface area contributed by atoms with Crippen molar-refractivity contribution in [3.8, 4) is 0 Å². The summed E-state index contributed by atoms with van der Waals surface area (Å²) in [6.45, 7) is -0.976. The highest BCUT2D eigenvalue weighted by molar-refractivity contribution is 5.83. The predicted molar refractivity (Wildman–Crippen MR) is 62.4 cm³/mol. The third-order valence-corrected chi connectivity index (χ3v) is 2.92. The lowest BCUT2D eigenvalue weighted by Crippen LogP contribution is -2.47. The highest BCUT2D eigenvalue weighted by Gasteiger charge is 2.33. The number of carbonyl (C=O) groups is 2. The largest absolute Gasteiger partial charge is 0.405 e. The molecule has 0 saturated carbocycles. The van der Waals surface area contributed by atoms with Crippen molar-refractivity contribution in [3.63, 3.8) is 0 Å². The van der Waals surface area contributed by atoms with E-state index in [-0.39, 0.29) is 12.5 Å². The number of halogens is 3. The normalized spacial score (nSPS) is 20.4. The van der Waals surface area contributed by atoms with Crippen LogP contribution >= 0.6 is 0 Å². The van der Waals surface area contributed by atoms with Crippen LogP contribution in [0.15, 0.2) is 0 Å². The van der Waals surface area contributed by atoms with Crippen molar-refractivity contribution in [2.24, 2.45) is 0 Å². The lowest BCUT2D eigenvalue weighted by atomic mass is 10.2. The van der Waals surface area contributed by atoms with Crippen LogP contribution in [0.4, 0.5) is 13.2 Å². The Kier molecular flexibility index (Phi) is 5.16. The minimum Gasteiger partial charge on any atom is -0.347 e. The molecule has 0 aromatic heterocycles. The second-order valence-electron chi connectivity index (χ2n) is 4.75. The van der Waals surface area contributed by atoms with Crippen LogP contribution in [0.1, 0.15) is 12.8 Å². The van der Waals surface area contributed by atoms with Gasteiger partial charge in [-0.05, 0) is 19.4 Å². The molecule has 1 aliphatic rings. The fourth-order valence-electron chi connectivity index (χ4n) is 2.03. The van der Waals surface area contributed by atoms with Gasteiger partial charge in [0.1, 0.15) is 6.54 Å². The minimum absolute atomic E-state index is 0.124. The standard InChI is InChI=1S/C11H18F3N3O2/c1-16(2)10(19)8-4-3-5-17(8)6-9(18)15-7-11(12,13)14/h8H,3-7H2,1-2H3,(H,15,18). The summed E-state index contributed by atoms with van der Waals surface area (Å²) in [5.41, 5.74) is 0. The Morgan fingerprint density at radius 1 is 1.37 bits per heavy atom. The van der Waals surface area contributed by atoms with Crippen LogP contribution in [0.25, 0.3) is 0 Å². The summed E-state index contributed by atoms with van der Waals surface area (Å²) in [5.74, 6) is -0.836. The molecule has 1 aliphatic heterocycles. The molecule has 0 spiro atoms. The molecular formula is C11H18F3N3O2. The number of nitrogens with zero attached hydrogens (tertiary/aromatic N) is 2. The summed E-state index contributed by atoms with van der Waals surface area (Å²) in [4.78, 5) is 26.3. The third kappa shape index (κ3) is 5.06. The molecule has 1 saturated heterocycles. The monoisotopic (exact) mass is 281 g/mol. The zero-order chi connectivity index (χ0) is 14.6.